The molecule has 0 saturated carbocycles. The average Bonchev–Trinajstić information content (AvgIpc) is 2.20. The summed E-state index contributed by atoms with van der Waals surface area (Å²) in [6.07, 6.45) is 0.230. The number of nitrogens with zero attached hydrogens (tertiary/aromatic N) is 1. The van der Waals surface area contributed by atoms with Gasteiger partial charge in [-0.1, -0.05) is 0 Å². The molecule has 0 N–H and O–H groups in total. The zero-order valence-corrected chi connectivity index (χ0v) is 7.16. The summed E-state index contributed by atoms with van der Waals surface area (Å²) in [6.45, 7) is 4.22. The molecule has 2 aliphatic rings. The van der Waals surface area contributed by atoms with Crippen LogP contribution in [-0.4, -0.2) is 49.3 Å². The fraction of sp³-hybridized carbons (Fsp3) is 0.875. The van der Waals surface area contributed by atoms with Crippen LogP contribution in [0.25, 0.3) is 0 Å². The van der Waals surface area contributed by atoms with E-state index >= 15 is 0 Å². The quantitative estimate of drug-likeness (QED) is 0.499. The molecule has 4 nitrogen and oxygen atoms in total. The van der Waals surface area contributed by atoms with Gasteiger partial charge in [0.05, 0.1) is 18.8 Å². The molecule has 0 radical (unpaired) electrons. The van der Waals surface area contributed by atoms with Crippen LogP contribution in [0.5, 0.6) is 0 Å². The number of hydrogen-bond acceptors (Lipinski definition) is 3. The van der Waals surface area contributed by atoms with Gasteiger partial charge in [0, 0.05) is 13.1 Å². The molecule has 0 aliphatic carbocycles. The van der Waals surface area contributed by atoms with Crippen molar-refractivity contribution in [2.75, 3.05) is 26.3 Å². The Morgan fingerprint density at radius 3 is 3.08 bits per heavy atom. The summed E-state index contributed by atoms with van der Waals surface area (Å²) < 4.78 is 10.7. The monoisotopic (exact) mass is 171 g/mol. The van der Waals surface area contributed by atoms with Crippen LogP contribution in [0.15, 0.2) is 0 Å². The summed E-state index contributed by atoms with van der Waals surface area (Å²) in [5, 5.41) is 0. The Bertz CT molecular complexity index is 193. The van der Waals surface area contributed by atoms with Crippen molar-refractivity contribution in [3.05, 3.63) is 0 Å². The number of hydrogen-bond donors (Lipinski definition) is 0. The van der Waals surface area contributed by atoms with Gasteiger partial charge in [0.15, 0.2) is 0 Å². The lowest BCUT2D eigenvalue weighted by Crippen LogP contribution is -2.47. The molecule has 2 unspecified atom stereocenters. The third-order valence-electron chi connectivity index (χ3n) is 2.26. The largest absolute Gasteiger partial charge is 0.374 e. The zero-order chi connectivity index (χ0) is 8.55. The number of rotatable bonds is 0. The highest BCUT2D eigenvalue weighted by Crippen LogP contribution is 2.13. The SMILES string of the molecule is CC1CN2CC(CO1)OCC2=O. The van der Waals surface area contributed by atoms with E-state index in [0.717, 1.165) is 0 Å². The molecule has 2 rings (SSSR count). The van der Waals surface area contributed by atoms with Crippen molar-refractivity contribution in [3.8, 4) is 0 Å². The maximum Gasteiger partial charge on any atom is 0.248 e. The summed E-state index contributed by atoms with van der Waals surface area (Å²) in [5.74, 6) is 0.0867. The van der Waals surface area contributed by atoms with Crippen LogP contribution in [0.1, 0.15) is 6.92 Å². The van der Waals surface area contributed by atoms with Gasteiger partial charge in [-0.15, -0.1) is 0 Å². The molecule has 2 heterocycles. The normalized spacial score (nSPS) is 36.4. The minimum Gasteiger partial charge on any atom is -0.374 e. The second-order valence-corrected chi connectivity index (χ2v) is 3.38. The van der Waals surface area contributed by atoms with Crippen molar-refractivity contribution in [1.29, 1.82) is 0 Å². The first-order chi connectivity index (χ1) is 5.75. The van der Waals surface area contributed by atoms with Gasteiger partial charge in [-0.05, 0) is 6.92 Å². The van der Waals surface area contributed by atoms with Crippen LogP contribution in [-0.2, 0) is 14.3 Å². The highest BCUT2D eigenvalue weighted by Gasteiger charge is 2.30. The second kappa shape index (κ2) is 3.03. The molecule has 0 aromatic carbocycles. The molecule has 12 heavy (non-hydrogen) atoms. The number of ether oxygens (including phenoxy) is 2. The fourth-order valence-corrected chi connectivity index (χ4v) is 1.59. The number of amides is 1. The van der Waals surface area contributed by atoms with Gasteiger partial charge in [-0.3, -0.25) is 4.79 Å². The van der Waals surface area contributed by atoms with E-state index in [-0.39, 0.29) is 24.7 Å². The molecule has 2 fully saturated rings. The van der Waals surface area contributed by atoms with Gasteiger partial charge in [0.1, 0.15) is 6.61 Å². The maximum absolute atomic E-state index is 11.2. The highest BCUT2D eigenvalue weighted by molar-refractivity contribution is 5.78. The first-order valence-electron chi connectivity index (χ1n) is 4.26. The molecule has 2 bridgehead atoms. The molecule has 0 aromatic rings. The average molecular weight is 171 g/mol. The Balaban J connectivity index is 2.08. The van der Waals surface area contributed by atoms with Crippen LogP contribution < -0.4 is 0 Å². The summed E-state index contributed by atoms with van der Waals surface area (Å²) >= 11 is 0. The zero-order valence-electron chi connectivity index (χ0n) is 7.16. The van der Waals surface area contributed by atoms with Crippen molar-refractivity contribution >= 4 is 5.91 Å². The Kier molecular flexibility index (Phi) is 2.02. The van der Waals surface area contributed by atoms with E-state index in [1.54, 1.807) is 0 Å². The lowest BCUT2D eigenvalue weighted by Gasteiger charge is -2.29. The molecular formula is C8H13NO3. The lowest BCUT2D eigenvalue weighted by atomic mass is 10.3. The van der Waals surface area contributed by atoms with Crippen molar-refractivity contribution in [2.24, 2.45) is 0 Å². The number of carbonyl (C=O) groups excluding carboxylic acids is 1. The molecule has 2 saturated heterocycles. The topological polar surface area (TPSA) is 38.8 Å². The molecule has 68 valence electrons. The second-order valence-electron chi connectivity index (χ2n) is 3.38. The molecule has 2 aliphatic heterocycles. The predicted molar refractivity (Wildman–Crippen MR) is 41.7 cm³/mol. The molecule has 2 atom stereocenters. The van der Waals surface area contributed by atoms with E-state index in [1.165, 1.54) is 0 Å². The minimum atomic E-state index is 0.0867. The van der Waals surface area contributed by atoms with Crippen LogP contribution in [0, 0.1) is 0 Å². The molecule has 1 amide bonds. The third-order valence-corrected chi connectivity index (χ3v) is 2.26. The Morgan fingerprint density at radius 2 is 2.25 bits per heavy atom. The summed E-state index contributed by atoms with van der Waals surface area (Å²) in [4.78, 5) is 13.1. The Hall–Kier alpha value is -0.610. The van der Waals surface area contributed by atoms with Crippen LogP contribution in [0.2, 0.25) is 0 Å². The van der Waals surface area contributed by atoms with E-state index in [2.05, 4.69) is 0 Å². The first-order valence-corrected chi connectivity index (χ1v) is 4.26. The summed E-state index contributed by atoms with van der Waals surface area (Å²) in [7, 11) is 0. The van der Waals surface area contributed by atoms with E-state index in [0.29, 0.717) is 19.7 Å². The van der Waals surface area contributed by atoms with E-state index in [9.17, 15) is 4.79 Å². The van der Waals surface area contributed by atoms with Gasteiger partial charge in [0.2, 0.25) is 5.91 Å². The van der Waals surface area contributed by atoms with Crippen molar-refractivity contribution in [1.82, 2.24) is 4.90 Å². The third kappa shape index (κ3) is 1.44. The van der Waals surface area contributed by atoms with Crippen molar-refractivity contribution in [2.45, 2.75) is 19.1 Å². The van der Waals surface area contributed by atoms with Gasteiger partial charge >= 0.3 is 0 Å². The van der Waals surface area contributed by atoms with Crippen molar-refractivity contribution in [3.63, 3.8) is 0 Å². The van der Waals surface area contributed by atoms with Gasteiger partial charge in [-0.25, -0.2) is 0 Å². The van der Waals surface area contributed by atoms with Gasteiger partial charge in [-0.2, -0.15) is 0 Å². The molecule has 0 aromatic heterocycles. The number of fused-ring (bicyclic) bond motifs is 2. The predicted octanol–water partition coefficient (Wildman–Crippen LogP) is -0.368. The van der Waals surface area contributed by atoms with Crippen molar-refractivity contribution < 1.29 is 14.3 Å². The van der Waals surface area contributed by atoms with Crippen LogP contribution >= 0.6 is 0 Å². The standard InChI is InChI=1S/C8H13NO3/c1-6-2-9-3-7(4-11-6)12-5-8(9)10/h6-7H,2-5H2,1H3. The molecule has 0 spiro atoms. The van der Waals surface area contributed by atoms with E-state index in [4.69, 9.17) is 9.47 Å². The molecular weight excluding hydrogens is 158 g/mol. The summed E-state index contributed by atoms with van der Waals surface area (Å²) in [5.41, 5.74) is 0. The smallest absolute Gasteiger partial charge is 0.248 e. The minimum absolute atomic E-state index is 0.0867. The highest BCUT2D eigenvalue weighted by atomic mass is 16.5. The Labute approximate surface area is 71.4 Å². The van der Waals surface area contributed by atoms with Crippen LogP contribution in [0.3, 0.4) is 0 Å². The van der Waals surface area contributed by atoms with Gasteiger partial charge in [0.25, 0.3) is 0 Å². The van der Waals surface area contributed by atoms with E-state index < -0.39 is 0 Å². The fourth-order valence-electron chi connectivity index (χ4n) is 1.59. The maximum atomic E-state index is 11.2. The first kappa shape index (κ1) is 8.01. The van der Waals surface area contributed by atoms with Gasteiger partial charge < -0.3 is 14.4 Å². The number of morpholine rings is 1. The number of carbonyl (C=O) groups is 1. The van der Waals surface area contributed by atoms with Crippen LogP contribution in [0.4, 0.5) is 0 Å². The van der Waals surface area contributed by atoms with E-state index in [1.807, 2.05) is 11.8 Å². The summed E-state index contributed by atoms with van der Waals surface area (Å²) in [6, 6.07) is 0. The molecule has 4 heteroatoms. The lowest BCUT2D eigenvalue weighted by molar-refractivity contribution is -0.147. The Morgan fingerprint density at radius 1 is 1.42 bits per heavy atom.